The Kier molecular flexibility index (Phi) is 5.08. The van der Waals surface area contributed by atoms with Gasteiger partial charge in [0, 0.05) is 23.6 Å². The van der Waals surface area contributed by atoms with Crippen LogP contribution in [0.5, 0.6) is 11.5 Å². The molecule has 4 rings (SSSR count). The number of ether oxygens (including phenoxy) is 2. The number of hydrogen-bond acceptors (Lipinski definition) is 6. The molecule has 0 aliphatic carbocycles. The van der Waals surface area contributed by atoms with Crippen molar-refractivity contribution in [1.82, 2.24) is 4.98 Å². The lowest BCUT2D eigenvalue weighted by molar-refractivity contribution is -0.153. The Hall–Kier alpha value is -3.54. The molecule has 3 aromatic rings. The summed E-state index contributed by atoms with van der Waals surface area (Å²) in [4.78, 5) is 32.5. The number of hydrogen-bond donors (Lipinski definition) is 0. The predicted octanol–water partition coefficient (Wildman–Crippen LogP) is 4.74. The Balaban J connectivity index is 1.69. The van der Waals surface area contributed by atoms with Crippen molar-refractivity contribution < 1.29 is 19.1 Å². The zero-order valence-electron chi connectivity index (χ0n) is 17.1. The number of aromatic nitrogens is 1. The van der Waals surface area contributed by atoms with Gasteiger partial charge in [-0.3, -0.25) is 9.59 Å². The fourth-order valence-electron chi connectivity index (χ4n) is 3.42. The average molecular weight is 402 g/mol. The molecule has 2 heterocycles. The van der Waals surface area contributed by atoms with Gasteiger partial charge in [-0.1, -0.05) is 30.3 Å². The van der Waals surface area contributed by atoms with E-state index in [2.05, 4.69) is 9.98 Å². The first kappa shape index (κ1) is 19.8. The van der Waals surface area contributed by atoms with Crippen LogP contribution < -0.4 is 4.74 Å². The fourth-order valence-corrected chi connectivity index (χ4v) is 3.42. The maximum atomic E-state index is 12.3. The minimum absolute atomic E-state index is 0.0853. The number of fused-ring (bicyclic) bond motifs is 2. The van der Waals surface area contributed by atoms with Crippen molar-refractivity contribution in [3.05, 3.63) is 59.8 Å². The highest BCUT2D eigenvalue weighted by Gasteiger charge is 2.20. The lowest BCUT2D eigenvalue weighted by Gasteiger charge is -2.20. The second kappa shape index (κ2) is 7.71. The lowest BCUT2D eigenvalue weighted by atomic mass is 10.0. The number of ketones is 1. The highest BCUT2D eigenvalue weighted by atomic mass is 16.6. The third-order valence-electron chi connectivity index (χ3n) is 4.62. The molecule has 1 aliphatic rings. The molecule has 1 aliphatic heterocycles. The number of pyridine rings is 1. The largest absolute Gasteiger partial charge is 0.460 e. The van der Waals surface area contributed by atoms with E-state index in [1.165, 1.54) is 6.21 Å². The SMILES string of the molecule is CC(C)(C)OC(=O)Cc1ccc(Oc2ccnc3c2CC(=O)C=N3)c2ccccc12. The zero-order valence-corrected chi connectivity index (χ0v) is 17.1. The fraction of sp³-hybridized carbons (Fsp3) is 0.250. The lowest BCUT2D eigenvalue weighted by Crippen LogP contribution is -2.24. The van der Waals surface area contributed by atoms with E-state index in [-0.39, 0.29) is 24.6 Å². The summed E-state index contributed by atoms with van der Waals surface area (Å²) in [6.07, 6.45) is 3.28. The second-order valence-electron chi connectivity index (χ2n) is 8.15. The summed E-state index contributed by atoms with van der Waals surface area (Å²) in [7, 11) is 0. The van der Waals surface area contributed by atoms with Crippen LogP contribution in [0.1, 0.15) is 31.9 Å². The number of carbonyl (C=O) groups is 2. The van der Waals surface area contributed by atoms with Crippen molar-refractivity contribution in [3.8, 4) is 11.5 Å². The number of Topliss-reactive ketones (excluding diaryl/α,β-unsaturated/α-hetero) is 1. The number of carbonyl (C=O) groups excluding carboxylic acids is 2. The summed E-state index contributed by atoms with van der Waals surface area (Å²) in [6, 6.07) is 13.2. The van der Waals surface area contributed by atoms with Crippen LogP contribution in [-0.2, 0) is 27.2 Å². The molecule has 0 radical (unpaired) electrons. The van der Waals surface area contributed by atoms with Crippen molar-refractivity contribution in [2.24, 2.45) is 4.99 Å². The molecule has 30 heavy (non-hydrogen) atoms. The van der Waals surface area contributed by atoms with E-state index in [0.717, 1.165) is 16.3 Å². The van der Waals surface area contributed by atoms with Crippen LogP contribution in [0.3, 0.4) is 0 Å². The van der Waals surface area contributed by atoms with Gasteiger partial charge < -0.3 is 9.47 Å². The van der Waals surface area contributed by atoms with Gasteiger partial charge in [0.25, 0.3) is 0 Å². The van der Waals surface area contributed by atoms with Crippen LogP contribution in [0.25, 0.3) is 10.8 Å². The zero-order chi connectivity index (χ0) is 21.3. The third-order valence-corrected chi connectivity index (χ3v) is 4.62. The van der Waals surface area contributed by atoms with Gasteiger partial charge in [0.15, 0.2) is 11.6 Å². The summed E-state index contributed by atoms with van der Waals surface area (Å²) in [5.74, 6) is 1.32. The Morgan fingerprint density at radius 1 is 1.03 bits per heavy atom. The van der Waals surface area contributed by atoms with Crippen LogP contribution in [-0.4, -0.2) is 28.6 Å². The molecule has 0 saturated heterocycles. The van der Waals surface area contributed by atoms with Crippen molar-refractivity contribution in [2.75, 3.05) is 0 Å². The Labute approximate surface area is 174 Å². The number of rotatable bonds is 4. The van der Waals surface area contributed by atoms with Crippen LogP contribution >= 0.6 is 0 Å². The Morgan fingerprint density at radius 2 is 1.80 bits per heavy atom. The van der Waals surface area contributed by atoms with E-state index in [0.29, 0.717) is 22.9 Å². The van der Waals surface area contributed by atoms with Gasteiger partial charge in [0.05, 0.1) is 12.6 Å². The molecule has 0 bridgehead atoms. The quantitative estimate of drug-likeness (QED) is 0.589. The minimum atomic E-state index is -0.531. The van der Waals surface area contributed by atoms with E-state index >= 15 is 0 Å². The summed E-state index contributed by atoms with van der Waals surface area (Å²) in [6.45, 7) is 5.55. The van der Waals surface area contributed by atoms with Gasteiger partial charge in [-0.2, -0.15) is 0 Å². The van der Waals surface area contributed by atoms with Crippen LogP contribution in [0.4, 0.5) is 5.82 Å². The molecule has 0 amide bonds. The van der Waals surface area contributed by atoms with Crippen LogP contribution in [0.2, 0.25) is 0 Å². The number of esters is 1. The number of aliphatic imine (C=N–C) groups is 1. The van der Waals surface area contributed by atoms with Crippen LogP contribution in [0.15, 0.2) is 53.7 Å². The standard InChI is InChI=1S/C24H22N2O4/c1-24(2,3)30-22(28)12-15-8-9-20(18-7-5-4-6-17(15)18)29-21-10-11-25-23-19(21)13-16(27)14-26-23/h4-11,14H,12-13H2,1-3H3. The summed E-state index contributed by atoms with van der Waals surface area (Å²) in [5, 5.41) is 1.78. The predicted molar refractivity (Wildman–Crippen MR) is 115 cm³/mol. The minimum Gasteiger partial charge on any atom is -0.460 e. The molecule has 0 fully saturated rings. The normalized spacial score (nSPS) is 13.2. The molecule has 0 atom stereocenters. The molecule has 0 unspecified atom stereocenters. The van der Waals surface area contributed by atoms with Gasteiger partial charge in [0.1, 0.15) is 17.1 Å². The topological polar surface area (TPSA) is 77.9 Å². The first-order chi connectivity index (χ1) is 14.3. The highest BCUT2D eigenvalue weighted by Crippen LogP contribution is 2.36. The molecule has 0 saturated carbocycles. The first-order valence-corrected chi connectivity index (χ1v) is 9.75. The van der Waals surface area contributed by atoms with E-state index in [1.54, 1.807) is 12.3 Å². The molecule has 0 N–H and O–H groups in total. The maximum absolute atomic E-state index is 12.3. The molecule has 0 spiro atoms. The Bertz CT molecular complexity index is 1180. The molecule has 6 nitrogen and oxygen atoms in total. The molecule has 6 heteroatoms. The first-order valence-electron chi connectivity index (χ1n) is 9.75. The average Bonchev–Trinajstić information content (AvgIpc) is 2.69. The molecule has 152 valence electrons. The van der Waals surface area contributed by atoms with Crippen molar-refractivity contribution in [1.29, 1.82) is 0 Å². The second-order valence-corrected chi connectivity index (χ2v) is 8.15. The van der Waals surface area contributed by atoms with Crippen molar-refractivity contribution in [3.63, 3.8) is 0 Å². The molecule has 1 aromatic heterocycles. The molecule has 2 aromatic carbocycles. The maximum Gasteiger partial charge on any atom is 0.310 e. The van der Waals surface area contributed by atoms with Gasteiger partial charge in [-0.15, -0.1) is 0 Å². The Morgan fingerprint density at radius 3 is 2.57 bits per heavy atom. The summed E-state index contributed by atoms with van der Waals surface area (Å²) in [5.41, 5.74) is 1.01. The van der Waals surface area contributed by atoms with Crippen molar-refractivity contribution >= 4 is 34.6 Å². The summed E-state index contributed by atoms with van der Waals surface area (Å²) >= 11 is 0. The smallest absolute Gasteiger partial charge is 0.310 e. The van der Waals surface area contributed by atoms with Gasteiger partial charge in [0.2, 0.25) is 0 Å². The van der Waals surface area contributed by atoms with Crippen LogP contribution in [0, 0.1) is 0 Å². The highest BCUT2D eigenvalue weighted by molar-refractivity contribution is 6.29. The molecular weight excluding hydrogens is 380 g/mol. The van der Waals surface area contributed by atoms with E-state index in [4.69, 9.17) is 9.47 Å². The van der Waals surface area contributed by atoms with Crippen molar-refractivity contribution in [2.45, 2.75) is 39.2 Å². The van der Waals surface area contributed by atoms with E-state index in [1.807, 2.05) is 57.2 Å². The van der Waals surface area contributed by atoms with E-state index in [9.17, 15) is 9.59 Å². The number of benzene rings is 2. The van der Waals surface area contributed by atoms with E-state index < -0.39 is 5.60 Å². The van der Waals surface area contributed by atoms with Gasteiger partial charge in [-0.05, 0) is 43.9 Å². The third kappa shape index (κ3) is 4.22. The molecular formula is C24H22N2O4. The van der Waals surface area contributed by atoms with Gasteiger partial charge in [-0.25, -0.2) is 9.98 Å². The summed E-state index contributed by atoms with van der Waals surface area (Å²) < 4.78 is 11.7. The monoisotopic (exact) mass is 402 g/mol. The van der Waals surface area contributed by atoms with Gasteiger partial charge >= 0.3 is 5.97 Å². The number of nitrogens with zero attached hydrogens (tertiary/aromatic N) is 2.